The van der Waals surface area contributed by atoms with Crippen molar-refractivity contribution in [1.82, 2.24) is 4.90 Å². The maximum Gasteiger partial charge on any atom is 0.290 e. The summed E-state index contributed by atoms with van der Waals surface area (Å²) in [5.74, 6) is -0.153. The van der Waals surface area contributed by atoms with Crippen LogP contribution in [0.1, 0.15) is 53.6 Å². The first-order valence-electron chi connectivity index (χ1n) is 10.1. The van der Waals surface area contributed by atoms with Crippen molar-refractivity contribution in [3.63, 3.8) is 0 Å². The van der Waals surface area contributed by atoms with E-state index in [2.05, 4.69) is 0 Å². The van der Waals surface area contributed by atoms with Gasteiger partial charge in [0, 0.05) is 18.2 Å². The zero-order valence-corrected chi connectivity index (χ0v) is 18.0. The fourth-order valence-electron chi connectivity index (χ4n) is 3.87. The maximum absolute atomic E-state index is 13.4. The standard InChI is InChI=1S/C24H24ClNO4/c1-14(2)29-12-4-11-26-21(16-7-5-15(3)6-8-16)20-22(27)18-13-17(25)9-10-19(18)30-23(20)24(26)28/h5-10,13-14,21H,4,11-12H2,1-3H3. The van der Waals surface area contributed by atoms with Crippen molar-refractivity contribution in [2.24, 2.45) is 0 Å². The normalized spacial score (nSPS) is 16.0. The van der Waals surface area contributed by atoms with E-state index in [1.807, 2.05) is 45.0 Å². The van der Waals surface area contributed by atoms with Gasteiger partial charge in [-0.15, -0.1) is 0 Å². The highest BCUT2D eigenvalue weighted by Gasteiger charge is 2.42. The van der Waals surface area contributed by atoms with Crippen molar-refractivity contribution in [2.75, 3.05) is 13.2 Å². The van der Waals surface area contributed by atoms with Crippen LogP contribution < -0.4 is 5.43 Å². The topological polar surface area (TPSA) is 59.8 Å². The molecule has 1 aromatic heterocycles. The van der Waals surface area contributed by atoms with Gasteiger partial charge in [-0.25, -0.2) is 0 Å². The van der Waals surface area contributed by atoms with E-state index in [4.69, 9.17) is 20.8 Å². The lowest BCUT2D eigenvalue weighted by Gasteiger charge is -2.25. The quantitative estimate of drug-likeness (QED) is 0.514. The molecule has 30 heavy (non-hydrogen) atoms. The average Bonchev–Trinajstić information content (AvgIpc) is 2.99. The molecule has 0 saturated heterocycles. The van der Waals surface area contributed by atoms with Gasteiger partial charge in [0.2, 0.25) is 5.76 Å². The Morgan fingerprint density at radius 3 is 2.57 bits per heavy atom. The minimum atomic E-state index is -0.494. The summed E-state index contributed by atoms with van der Waals surface area (Å²) in [5, 5.41) is 0.838. The number of carbonyl (C=O) groups excluding carboxylic acids is 1. The van der Waals surface area contributed by atoms with Gasteiger partial charge < -0.3 is 14.1 Å². The molecular weight excluding hydrogens is 402 g/mol. The molecule has 0 bridgehead atoms. The van der Waals surface area contributed by atoms with Crippen LogP contribution in [0.5, 0.6) is 0 Å². The molecule has 2 aromatic carbocycles. The molecule has 1 amide bonds. The van der Waals surface area contributed by atoms with Gasteiger partial charge in [0.15, 0.2) is 5.43 Å². The van der Waals surface area contributed by atoms with Gasteiger partial charge in [0.25, 0.3) is 5.91 Å². The third-order valence-electron chi connectivity index (χ3n) is 5.32. The van der Waals surface area contributed by atoms with Crippen LogP contribution in [0.25, 0.3) is 11.0 Å². The van der Waals surface area contributed by atoms with Crippen LogP contribution in [0, 0.1) is 6.92 Å². The van der Waals surface area contributed by atoms with Gasteiger partial charge in [-0.1, -0.05) is 41.4 Å². The van der Waals surface area contributed by atoms with E-state index in [-0.39, 0.29) is 23.2 Å². The van der Waals surface area contributed by atoms with E-state index >= 15 is 0 Å². The number of rotatable bonds is 6. The molecule has 4 rings (SSSR count). The molecule has 0 radical (unpaired) electrons. The third-order valence-corrected chi connectivity index (χ3v) is 5.55. The number of nitrogens with zero attached hydrogens (tertiary/aromatic N) is 1. The second-order valence-corrected chi connectivity index (χ2v) is 8.34. The van der Waals surface area contributed by atoms with Crippen LogP contribution in [0.4, 0.5) is 0 Å². The molecule has 1 aliphatic heterocycles. The Morgan fingerprint density at radius 1 is 1.13 bits per heavy atom. The molecule has 0 aliphatic carbocycles. The highest BCUT2D eigenvalue weighted by molar-refractivity contribution is 6.31. The molecule has 6 heteroatoms. The van der Waals surface area contributed by atoms with E-state index in [1.165, 1.54) is 0 Å². The van der Waals surface area contributed by atoms with Gasteiger partial charge in [-0.05, 0) is 51.0 Å². The summed E-state index contributed by atoms with van der Waals surface area (Å²) in [5.41, 5.74) is 2.52. The summed E-state index contributed by atoms with van der Waals surface area (Å²) in [6, 6.07) is 12.3. The second kappa shape index (κ2) is 8.25. The summed E-state index contributed by atoms with van der Waals surface area (Å²) in [6.07, 6.45) is 0.794. The van der Waals surface area contributed by atoms with Gasteiger partial charge in [-0.2, -0.15) is 0 Å². The van der Waals surface area contributed by atoms with Crippen molar-refractivity contribution in [3.05, 3.63) is 80.2 Å². The predicted octanol–water partition coefficient (Wildman–Crippen LogP) is 5.12. The van der Waals surface area contributed by atoms with E-state index in [1.54, 1.807) is 23.1 Å². The van der Waals surface area contributed by atoms with E-state index in [9.17, 15) is 9.59 Å². The molecule has 2 heterocycles. The van der Waals surface area contributed by atoms with Crippen LogP contribution in [-0.2, 0) is 4.74 Å². The summed E-state index contributed by atoms with van der Waals surface area (Å²) < 4.78 is 11.6. The SMILES string of the molecule is Cc1ccc(C2c3c(oc4ccc(Cl)cc4c3=O)C(=O)N2CCCOC(C)C)cc1. The molecule has 0 spiro atoms. The number of aryl methyl sites for hydroxylation is 1. The lowest BCUT2D eigenvalue weighted by atomic mass is 9.97. The lowest BCUT2D eigenvalue weighted by Crippen LogP contribution is -2.31. The van der Waals surface area contributed by atoms with E-state index in [0.29, 0.717) is 41.1 Å². The van der Waals surface area contributed by atoms with Gasteiger partial charge >= 0.3 is 0 Å². The van der Waals surface area contributed by atoms with Gasteiger partial charge in [-0.3, -0.25) is 9.59 Å². The van der Waals surface area contributed by atoms with Gasteiger partial charge in [0.1, 0.15) is 5.58 Å². The third kappa shape index (κ3) is 3.75. The summed E-state index contributed by atoms with van der Waals surface area (Å²) in [4.78, 5) is 28.4. The molecule has 3 aromatic rings. The zero-order valence-electron chi connectivity index (χ0n) is 17.3. The fraction of sp³-hybridized carbons (Fsp3) is 0.333. The molecule has 156 valence electrons. The van der Waals surface area contributed by atoms with E-state index < -0.39 is 6.04 Å². The minimum absolute atomic E-state index is 0.116. The van der Waals surface area contributed by atoms with Crippen LogP contribution in [0.2, 0.25) is 5.02 Å². The van der Waals surface area contributed by atoms with E-state index in [0.717, 1.165) is 11.1 Å². The Bertz CT molecular complexity index is 1150. The molecule has 5 nitrogen and oxygen atoms in total. The van der Waals surface area contributed by atoms with Crippen LogP contribution in [-0.4, -0.2) is 30.1 Å². The highest BCUT2D eigenvalue weighted by Crippen LogP contribution is 2.38. The number of halogens is 1. The molecule has 0 N–H and O–H groups in total. The zero-order chi connectivity index (χ0) is 21.4. The number of benzene rings is 2. The second-order valence-electron chi connectivity index (χ2n) is 7.90. The number of ether oxygens (including phenoxy) is 1. The summed E-state index contributed by atoms with van der Waals surface area (Å²) >= 11 is 6.11. The highest BCUT2D eigenvalue weighted by atomic mass is 35.5. The molecule has 1 unspecified atom stereocenters. The number of carbonyl (C=O) groups is 1. The Morgan fingerprint density at radius 2 is 1.87 bits per heavy atom. The van der Waals surface area contributed by atoms with Gasteiger partial charge in [0.05, 0.1) is 23.1 Å². The van der Waals surface area contributed by atoms with Crippen molar-refractivity contribution in [1.29, 1.82) is 0 Å². The average molecular weight is 426 g/mol. The van der Waals surface area contributed by atoms with Crippen molar-refractivity contribution < 1.29 is 13.9 Å². The van der Waals surface area contributed by atoms with Crippen LogP contribution in [0.15, 0.2) is 51.7 Å². The molecule has 1 atom stereocenters. The molecule has 0 fully saturated rings. The van der Waals surface area contributed by atoms with Crippen LogP contribution in [0.3, 0.4) is 0 Å². The monoisotopic (exact) mass is 425 g/mol. The molecular formula is C24H24ClNO4. The van der Waals surface area contributed by atoms with Crippen molar-refractivity contribution >= 4 is 28.5 Å². The minimum Gasteiger partial charge on any atom is -0.450 e. The molecule has 0 saturated carbocycles. The molecule has 1 aliphatic rings. The smallest absolute Gasteiger partial charge is 0.290 e. The first-order valence-corrected chi connectivity index (χ1v) is 10.5. The maximum atomic E-state index is 13.4. The Balaban J connectivity index is 1.81. The Hall–Kier alpha value is -2.63. The van der Waals surface area contributed by atoms with Crippen LogP contribution >= 0.6 is 11.6 Å². The summed E-state index contributed by atoms with van der Waals surface area (Å²) in [7, 11) is 0. The lowest BCUT2D eigenvalue weighted by molar-refractivity contribution is 0.0593. The Labute approximate surface area is 180 Å². The summed E-state index contributed by atoms with van der Waals surface area (Å²) in [6.45, 7) is 6.96. The first kappa shape index (κ1) is 20.6. The number of amides is 1. The number of hydrogen-bond acceptors (Lipinski definition) is 4. The predicted molar refractivity (Wildman–Crippen MR) is 117 cm³/mol. The number of hydrogen-bond donors (Lipinski definition) is 0. The fourth-order valence-corrected chi connectivity index (χ4v) is 4.04. The first-order chi connectivity index (χ1) is 14.4. The Kier molecular flexibility index (Phi) is 5.67. The van der Waals surface area contributed by atoms with Crippen molar-refractivity contribution in [2.45, 2.75) is 39.3 Å². The number of fused-ring (bicyclic) bond motifs is 2. The largest absolute Gasteiger partial charge is 0.450 e. The van der Waals surface area contributed by atoms with Crippen molar-refractivity contribution in [3.8, 4) is 0 Å².